The second-order valence-electron chi connectivity index (χ2n) is 19.0. The lowest BCUT2D eigenvalue weighted by Gasteiger charge is -2.21. The molecule has 0 aliphatic carbocycles. The molecule has 340 valence electrons. The van der Waals surface area contributed by atoms with Gasteiger partial charge in [-0.15, -0.1) is 0 Å². The van der Waals surface area contributed by atoms with Crippen molar-refractivity contribution in [3.05, 3.63) is 279 Å². The van der Waals surface area contributed by atoms with Crippen molar-refractivity contribution in [3.63, 3.8) is 0 Å². The number of benzene rings is 13. The molecule has 0 atom stereocenters. The van der Waals surface area contributed by atoms with Gasteiger partial charge in [0.15, 0.2) is 0 Å². The molecule has 1 aromatic heterocycles. The van der Waals surface area contributed by atoms with E-state index in [1.54, 1.807) is 0 Å². The molecule has 0 radical (unpaired) electrons. The SMILES string of the molecule is c1ccc(-c2cccc(-c3c4ccccc4c(-c4cccc(-c5ccccc5)c4)c4cc(-c5c6ccccc6c(-c6ccc(-c7nc8ccccc8n7-c7ccccc7)cc6)c6ccccc56)ccc34)c2)cc1. The minimum Gasteiger partial charge on any atom is -0.292 e. The molecule has 1 heterocycles. The maximum absolute atomic E-state index is 5.19. The summed E-state index contributed by atoms with van der Waals surface area (Å²) >= 11 is 0. The molecule has 0 saturated heterocycles. The zero-order valence-electron chi connectivity index (χ0n) is 40.0. The highest BCUT2D eigenvalue weighted by Gasteiger charge is 2.22. The standard InChI is InChI=1S/C71H46N2/c1-4-20-47(21-5-1)51-24-18-26-53(44-51)68-61-34-14-15-35-62(61)70(54-27-19-25-52(45-54)48-22-6-2-7-23-48)64-46-55(42-43-63(64)68)69-59-32-12-10-30-57(59)67(58-31-11-13-33-60(58)69)49-38-40-50(41-39-49)71-72-65-36-16-17-37-66(65)73(71)56-28-8-3-9-29-56/h1-46H. The first kappa shape index (κ1) is 42.3. The summed E-state index contributed by atoms with van der Waals surface area (Å²) in [5, 5.41) is 9.77. The monoisotopic (exact) mass is 926 g/mol. The molecule has 0 N–H and O–H groups in total. The van der Waals surface area contributed by atoms with Crippen molar-refractivity contribution in [1.82, 2.24) is 9.55 Å². The highest BCUT2D eigenvalue weighted by Crippen LogP contribution is 2.49. The number of hydrogen-bond acceptors (Lipinski definition) is 1. The molecule has 14 rings (SSSR count). The van der Waals surface area contributed by atoms with Crippen LogP contribution in [-0.2, 0) is 0 Å². The Bertz CT molecular complexity index is 4340. The van der Waals surface area contributed by atoms with Crippen LogP contribution >= 0.6 is 0 Å². The normalized spacial score (nSPS) is 11.6. The predicted molar refractivity (Wildman–Crippen MR) is 309 cm³/mol. The average Bonchev–Trinajstić information content (AvgIpc) is 3.86. The Kier molecular flexibility index (Phi) is 10.2. The summed E-state index contributed by atoms with van der Waals surface area (Å²) < 4.78 is 2.27. The van der Waals surface area contributed by atoms with Gasteiger partial charge in [0.25, 0.3) is 0 Å². The molecule has 13 aromatic carbocycles. The third kappa shape index (κ3) is 7.23. The van der Waals surface area contributed by atoms with Gasteiger partial charge in [0.2, 0.25) is 0 Å². The number of rotatable bonds is 8. The molecule has 0 bridgehead atoms. The Labute approximate surface area is 424 Å². The van der Waals surface area contributed by atoms with Gasteiger partial charge < -0.3 is 0 Å². The van der Waals surface area contributed by atoms with E-state index in [-0.39, 0.29) is 0 Å². The molecule has 73 heavy (non-hydrogen) atoms. The first-order chi connectivity index (χ1) is 36.2. The van der Waals surface area contributed by atoms with Gasteiger partial charge in [0, 0.05) is 11.3 Å². The zero-order chi connectivity index (χ0) is 48.2. The summed E-state index contributed by atoms with van der Waals surface area (Å²) in [6.07, 6.45) is 0. The van der Waals surface area contributed by atoms with E-state index in [1.807, 2.05) is 0 Å². The summed E-state index contributed by atoms with van der Waals surface area (Å²) in [6.45, 7) is 0. The molecular formula is C71H46N2. The summed E-state index contributed by atoms with van der Waals surface area (Å²) in [5.41, 5.74) is 18.7. The number of aromatic nitrogens is 2. The lowest BCUT2D eigenvalue weighted by atomic mass is 9.82. The van der Waals surface area contributed by atoms with Crippen LogP contribution in [0.4, 0.5) is 0 Å². The van der Waals surface area contributed by atoms with Crippen LogP contribution in [0.5, 0.6) is 0 Å². The van der Waals surface area contributed by atoms with Gasteiger partial charge in [-0.25, -0.2) is 4.98 Å². The van der Waals surface area contributed by atoms with Gasteiger partial charge in [0.05, 0.1) is 11.0 Å². The van der Waals surface area contributed by atoms with Crippen LogP contribution in [0.2, 0.25) is 0 Å². The number of imidazole rings is 1. The first-order valence-electron chi connectivity index (χ1n) is 25.1. The summed E-state index contributed by atoms with van der Waals surface area (Å²) in [7, 11) is 0. The van der Waals surface area contributed by atoms with Gasteiger partial charge >= 0.3 is 0 Å². The van der Waals surface area contributed by atoms with Crippen LogP contribution in [0, 0.1) is 0 Å². The van der Waals surface area contributed by atoms with E-state index in [0.29, 0.717) is 0 Å². The fourth-order valence-electron chi connectivity index (χ4n) is 11.5. The Morgan fingerprint density at radius 2 is 0.575 bits per heavy atom. The number of nitrogens with zero attached hydrogens (tertiary/aromatic N) is 2. The highest BCUT2D eigenvalue weighted by molar-refractivity contribution is 6.25. The number of para-hydroxylation sites is 3. The van der Waals surface area contributed by atoms with E-state index >= 15 is 0 Å². The lowest BCUT2D eigenvalue weighted by Crippen LogP contribution is -1.97. The van der Waals surface area contributed by atoms with E-state index in [2.05, 4.69) is 284 Å². The fourth-order valence-corrected chi connectivity index (χ4v) is 11.5. The Hall–Kier alpha value is -9.63. The molecule has 2 nitrogen and oxygen atoms in total. The van der Waals surface area contributed by atoms with Crippen LogP contribution in [0.1, 0.15) is 0 Å². The summed E-state index contributed by atoms with van der Waals surface area (Å²) in [6, 6.07) is 102. The molecular weight excluding hydrogens is 881 g/mol. The van der Waals surface area contributed by atoms with Crippen molar-refractivity contribution >= 4 is 54.1 Å². The molecule has 2 heteroatoms. The van der Waals surface area contributed by atoms with Crippen molar-refractivity contribution < 1.29 is 0 Å². The van der Waals surface area contributed by atoms with E-state index < -0.39 is 0 Å². The highest BCUT2D eigenvalue weighted by atomic mass is 15.1. The van der Waals surface area contributed by atoms with Gasteiger partial charge in [-0.1, -0.05) is 237 Å². The molecule has 0 fully saturated rings. The summed E-state index contributed by atoms with van der Waals surface area (Å²) in [5.74, 6) is 0.923. The topological polar surface area (TPSA) is 17.8 Å². The van der Waals surface area contributed by atoms with Crippen molar-refractivity contribution in [3.8, 4) is 83.8 Å². The van der Waals surface area contributed by atoms with Gasteiger partial charge in [-0.05, 0) is 152 Å². The molecule has 0 saturated carbocycles. The summed E-state index contributed by atoms with van der Waals surface area (Å²) in [4.78, 5) is 5.19. The largest absolute Gasteiger partial charge is 0.292 e. The minimum absolute atomic E-state index is 0.923. The van der Waals surface area contributed by atoms with Crippen LogP contribution in [-0.4, -0.2) is 9.55 Å². The molecule has 0 spiro atoms. The van der Waals surface area contributed by atoms with Crippen molar-refractivity contribution in [1.29, 1.82) is 0 Å². The van der Waals surface area contributed by atoms with Gasteiger partial charge in [-0.2, -0.15) is 0 Å². The average molecular weight is 927 g/mol. The van der Waals surface area contributed by atoms with Gasteiger partial charge in [-0.3, -0.25) is 4.57 Å². The van der Waals surface area contributed by atoms with Crippen LogP contribution in [0.3, 0.4) is 0 Å². The second kappa shape index (κ2) is 17.6. The van der Waals surface area contributed by atoms with Crippen LogP contribution < -0.4 is 0 Å². The molecule has 0 amide bonds. The van der Waals surface area contributed by atoms with Crippen molar-refractivity contribution in [2.75, 3.05) is 0 Å². The van der Waals surface area contributed by atoms with Crippen LogP contribution in [0.15, 0.2) is 279 Å². The van der Waals surface area contributed by atoms with E-state index in [4.69, 9.17) is 4.98 Å². The second-order valence-corrected chi connectivity index (χ2v) is 19.0. The van der Waals surface area contributed by atoms with E-state index in [9.17, 15) is 0 Å². The maximum atomic E-state index is 5.19. The molecule has 0 aliphatic heterocycles. The molecule has 0 aliphatic rings. The van der Waals surface area contributed by atoms with Gasteiger partial charge in [0.1, 0.15) is 5.82 Å². The van der Waals surface area contributed by atoms with Crippen LogP contribution in [0.25, 0.3) is 138 Å². The smallest absolute Gasteiger partial charge is 0.145 e. The Balaban J connectivity index is 0.992. The number of fused-ring (bicyclic) bond motifs is 5. The minimum atomic E-state index is 0.923. The van der Waals surface area contributed by atoms with E-state index in [1.165, 1.54) is 104 Å². The third-order valence-corrected chi connectivity index (χ3v) is 14.8. The quantitative estimate of drug-likeness (QED) is 0.139. The predicted octanol–water partition coefficient (Wildman–Crippen LogP) is 19.3. The third-order valence-electron chi connectivity index (χ3n) is 14.8. The maximum Gasteiger partial charge on any atom is 0.145 e. The first-order valence-corrected chi connectivity index (χ1v) is 25.1. The molecule has 0 unspecified atom stereocenters. The Morgan fingerprint density at radius 1 is 0.219 bits per heavy atom. The van der Waals surface area contributed by atoms with Crippen molar-refractivity contribution in [2.45, 2.75) is 0 Å². The number of hydrogen-bond donors (Lipinski definition) is 0. The van der Waals surface area contributed by atoms with E-state index in [0.717, 1.165) is 33.7 Å². The van der Waals surface area contributed by atoms with Crippen molar-refractivity contribution in [2.24, 2.45) is 0 Å². The lowest BCUT2D eigenvalue weighted by molar-refractivity contribution is 1.10. The zero-order valence-corrected chi connectivity index (χ0v) is 40.0. The fraction of sp³-hybridized carbons (Fsp3) is 0. The molecule has 14 aromatic rings. The Morgan fingerprint density at radius 3 is 1.10 bits per heavy atom.